The first-order valence-electron chi connectivity index (χ1n) is 7.52. The summed E-state index contributed by atoms with van der Waals surface area (Å²) in [5, 5.41) is 3.55. The smallest absolute Gasteiger partial charge is 0.119 e. The number of hydrogen-bond acceptors (Lipinski definition) is 3. The van der Waals surface area contributed by atoms with E-state index in [4.69, 9.17) is 0 Å². The third-order valence-corrected chi connectivity index (χ3v) is 4.40. The average Bonchev–Trinajstić information content (AvgIpc) is 3.10. The summed E-state index contributed by atoms with van der Waals surface area (Å²) in [4.78, 5) is 7.14. The molecule has 106 valence electrons. The monoisotopic (exact) mass is 269 g/mol. The quantitative estimate of drug-likeness (QED) is 0.850. The highest BCUT2D eigenvalue weighted by Crippen LogP contribution is 2.21. The van der Waals surface area contributed by atoms with Gasteiger partial charge in [0.1, 0.15) is 5.84 Å². The minimum Gasteiger partial charge on any atom is -0.378 e. The van der Waals surface area contributed by atoms with Crippen LogP contribution in [0.2, 0.25) is 0 Å². The van der Waals surface area contributed by atoms with Gasteiger partial charge in [0, 0.05) is 18.3 Å². The molecule has 1 N–H and O–H groups in total. The molecule has 0 amide bonds. The van der Waals surface area contributed by atoms with E-state index in [1.54, 1.807) is 0 Å². The van der Waals surface area contributed by atoms with E-state index in [0.29, 0.717) is 6.04 Å². The molecule has 3 nitrogen and oxygen atoms in total. The molecule has 0 fully saturated rings. The molecule has 1 aliphatic carbocycles. The number of aryl methyl sites for hydroxylation is 1. The molecule has 0 saturated carbocycles. The van der Waals surface area contributed by atoms with Gasteiger partial charge < -0.3 is 10.2 Å². The molecule has 20 heavy (non-hydrogen) atoms. The van der Waals surface area contributed by atoms with E-state index >= 15 is 0 Å². The summed E-state index contributed by atoms with van der Waals surface area (Å²) in [5.41, 5.74) is 3.89. The van der Waals surface area contributed by atoms with Crippen LogP contribution in [0.3, 0.4) is 0 Å². The predicted octanol–water partition coefficient (Wildman–Crippen LogP) is 3.15. The van der Waals surface area contributed by atoms with Gasteiger partial charge in [-0.1, -0.05) is 24.3 Å². The molecule has 1 heterocycles. The maximum Gasteiger partial charge on any atom is 0.119 e. The highest BCUT2D eigenvalue weighted by molar-refractivity contribution is 5.88. The molecule has 3 heteroatoms. The summed E-state index contributed by atoms with van der Waals surface area (Å²) in [5.74, 6) is 1.21. The topological polar surface area (TPSA) is 27.6 Å². The van der Waals surface area contributed by atoms with E-state index in [2.05, 4.69) is 59.4 Å². The molecular formula is C17H23N3. The van der Waals surface area contributed by atoms with Gasteiger partial charge in [0.2, 0.25) is 0 Å². The highest BCUT2D eigenvalue weighted by Gasteiger charge is 2.24. The van der Waals surface area contributed by atoms with Gasteiger partial charge in [-0.2, -0.15) is 0 Å². The van der Waals surface area contributed by atoms with Crippen LogP contribution < -0.4 is 5.32 Å². The van der Waals surface area contributed by atoms with Gasteiger partial charge >= 0.3 is 0 Å². The lowest BCUT2D eigenvalue weighted by Crippen LogP contribution is -2.39. The maximum absolute atomic E-state index is 4.68. The summed E-state index contributed by atoms with van der Waals surface area (Å²) in [7, 11) is 0. The molecule has 1 aromatic carbocycles. The molecule has 2 aliphatic rings. The Bertz CT molecular complexity index is 545. The van der Waals surface area contributed by atoms with Crippen molar-refractivity contribution < 1.29 is 0 Å². The summed E-state index contributed by atoms with van der Waals surface area (Å²) in [6.07, 6.45) is 7.07. The second-order valence-electron chi connectivity index (χ2n) is 5.67. The van der Waals surface area contributed by atoms with Gasteiger partial charge in [-0.3, -0.25) is 4.99 Å². The lowest BCUT2D eigenvalue weighted by Gasteiger charge is -2.26. The number of allylic oxidation sites excluding steroid dienone is 1. The van der Waals surface area contributed by atoms with Gasteiger partial charge in [0.05, 0.1) is 13.1 Å². The zero-order valence-corrected chi connectivity index (χ0v) is 12.4. The van der Waals surface area contributed by atoms with Crippen molar-refractivity contribution in [3.8, 4) is 0 Å². The average molecular weight is 269 g/mol. The molecule has 0 spiro atoms. The fourth-order valence-corrected chi connectivity index (χ4v) is 3.01. The molecule has 1 aliphatic heterocycles. The summed E-state index contributed by atoms with van der Waals surface area (Å²) in [6.45, 7) is 7.16. The van der Waals surface area contributed by atoms with Gasteiger partial charge in [-0.25, -0.2) is 0 Å². The lowest BCUT2D eigenvalue weighted by atomic mass is 10.1. The molecule has 3 rings (SSSR count). The van der Waals surface area contributed by atoms with Gasteiger partial charge in [-0.15, -0.1) is 0 Å². The van der Waals surface area contributed by atoms with E-state index in [1.165, 1.54) is 35.5 Å². The zero-order valence-electron chi connectivity index (χ0n) is 12.4. The number of benzene rings is 1. The van der Waals surface area contributed by atoms with Crippen molar-refractivity contribution in [3.05, 3.63) is 41.5 Å². The normalized spacial score (nSPS) is 21.4. The Morgan fingerprint density at radius 3 is 3.05 bits per heavy atom. The van der Waals surface area contributed by atoms with Crippen LogP contribution in [0.5, 0.6) is 0 Å². The van der Waals surface area contributed by atoms with Crippen LogP contribution >= 0.6 is 0 Å². The molecule has 0 radical (unpaired) electrons. The minimum atomic E-state index is 0.566. The van der Waals surface area contributed by atoms with Crippen LogP contribution in [-0.2, 0) is 0 Å². The van der Waals surface area contributed by atoms with Crippen molar-refractivity contribution in [2.45, 2.75) is 32.7 Å². The molecule has 1 unspecified atom stereocenters. The van der Waals surface area contributed by atoms with Crippen LogP contribution in [0, 0.1) is 13.8 Å². The minimum absolute atomic E-state index is 0.566. The molecule has 0 bridgehead atoms. The third kappa shape index (κ3) is 2.58. The maximum atomic E-state index is 4.68. The van der Waals surface area contributed by atoms with E-state index in [9.17, 15) is 0 Å². The molecule has 0 aromatic heterocycles. The Morgan fingerprint density at radius 1 is 1.35 bits per heavy atom. The lowest BCUT2D eigenvalue weighted by molar-refractivity contribution is 0.381. The zero-order chi connectivity index (χ0) is 13.9. The first kappa shape index (κ1) is 13.2. The molecule has 0 saturated heterocycles. The summed E-state index contributed by atoms with van der Waals surface area (Å²) >= 11 is 0. The Labute approximate surface area is 121 Å². The third-order valence-electron chi connectivity index (χ3n) is 4.40. The standard InChI is InChI=1S/C17H23N3/c1-13-6-5-9-16(14(13)2)19-12-17-18-10-11-20(17)15-7-3-4-8-15/h3,5-7,9,15,19H,4,8,10-12H2,1-2H3. The Balaban J connectivity index is 1.65. The molecular weight excluding hydrogens is 246 g/mol. The number of amidine groups is 1. The molecule has 1 atom stereocenters. The number of hydrogen-bond donors (Lipinski definition) is 1. The number of nitrogens with one attached hydrogen (secondary N) is 1. The van der Waals surface area contributed by atoms with Gasteiger partial charge in [-0.05, 0) is 43.9 Å². The number of rotatable bonds is 4. The van der Waals surface area contributed by atoms with Crippen LogP contribution in [0.4, 0.5) is 5.69 Å². The second kappa shape index (κ2) is 5.70. The van der Waals surface area contributed by atoms with Crippen molar-refractivity contribution >= 4 is 11.5 Å². The van der Waals surface area contributed by atoms with Crippen LogP contribution in [-0.4, -0.2) is 36.4 Å². The SMILES string of the molecule is Cc1cccc(NCC2=NCCN2C2C=CCC2)c1C. The summed E-state index contributed by atoms with van der Waals surface area (Å²) in [6, 6.07) is 6.98. The van der Waals surface area contributed by atoms with Crippen LogP contribution in [0.15, 0.2) is 35.3 Å². The van der Waals surface area contributed by atoms with Crippen LogP contribution in [0.1, 0.15) is 24.0 Å². The van der Waals surface area contributed by atoms with E-state index < -0.39 is 0 Å². The highest BCUT2D eigenvalue weighted by atomic mass is 15.3. The Morgan fingerprint density at radius 2 is 2.25 bits per heavy atom. The fraction of sp³-hybridized carbons (Fsp3) is 0.471. The first-order valence-corrected chi connectivity index (χ1v) is 7.52. The van der Waals surface area contributed by atoms with Crippen molar-refractivity contribution in [1.29, 1.82) is 0 Å². The van der Waals surface area contributed by atoms with Crippen LogP contribution in [0.25, 0.3) is 0 Å². The predicted molar refractivity (Wildman–Crippen MR) is 85.6 cm³/mol. The number of anilines is 1. The Kier molecular flexibility index (Phi) is 3.77. The summed E-state index contributed by atoms with van der Waals surface area (Å²) < 4.78 is 0. The van der Waals surface area contributed by atoms with Gasteiger partial charge in [0.15, 0.2) is 0 Å². The Hall–Kier alpha value is -1.77. The van der Waals surface area contributed by atoms with Crippen molar-refractivity contribution in [3.63, 3.8) is 0 Å². The number of aliphatic imine (C=N–C) groups is 1. The first-order chi connectivity index (χ1) is 9.75. The fourth-order valence-electron chi connectivity index (χ4n) is 3.01. The largest absolute Gasteiger partial charge is 0.378 e. The van der Waals surface area contributed by atoms with Crippen molar-refractivity contribution in [2.75, 3.05) is 25.0 Å². The molecule has 1 aromatic rings. The van der Waals surface area contributed by atoms with Gasteiger partial charge in [0.25, 0.3) is 0 Å². The van der Waals surface area contributed by atoms with Crippen molar-refractivity contribution in [1.82, 2.24) is 4.90 Å². The van der Waals surface area contributed by atoms with Crippen molar-refractivity contribution in [2.24, 2.45) is 4.99 Å². The van der Waals surface area contributed by atoms with E-state index in [0.717, 1.165) is 19.6 Å². The van der Waals surface area contributed by atoms with E-state index in [1.807, 2.05) is 0 Å². The number of nitrogens with zero attached hydrogens (tertiary/aromatic N) is 2. The second-order valence-corrected chi connectivity index (χ2v) is 5.67. The van der Waals surface area contributed by atoms with E-state index in [-0.39, 0.29) is 0 Å².